The third kappa shape index (κ3) is 2.96. The molecule has 0 aromatic heterocycles. The maximum absolute atomic E-state index is 13.6. The molecular formula is C16H14F6. The van der Waals surface area contributed by atoms with Crippen LogP contribution in [0.1, 0.15) is 12.5 Å². The van der Waals surface area contributed by atoms with Gasteiger partial charge >= 0.3 is 12.4 Å². The number of rotatable bonds is 4. The molecule has 0 fully saturated rings. The highest BCUT2D eigenvalue weighted by atomic mass is 19.4. The lowest BCUT2D eigenvalue weighted by atomic mass is 9.72. The van der Waals surface area contributed by atoms with Gasteiger partial charge in [-0.2, -0.15) is 26.3 Å². The number of hydrogen-bond acceptors (Lipinski definition) is 0. The van der Waals surface area contributed by atoms with Gasteiger partial charge in [0.15, 0.2) is 0 Å². The average molecular weight is 320 g/mol. The smallest absolute Gasteiger partial charge is 0.169 e. The van der Waals surface area contributed by atoms with Crippen LogP contribution in [0, 0.1) is 0 Å². The van der Waals surface area contributed by atoms with Crippen LogP contribution < -0.4 is 0 Å². The third-order valence-electron chi connectivity index (χ3n) is 3.18. The standard InChI is InChI=1S/C16H14F6/c1-3-5-9-12(4-2)14(15(17,18)19,16(20,21)22)13-10-7-6-8-11-13/h3-11H,2H2,1H3/b5-3-,12-9+. The second-order valence-electron chi connectivity index (χ2n) is 4.46. The Bertz CT molecular complexity index is 547. The summed E-state index contributed by atoms with van der Waals surface area (Å²) in [7, 11) is 0. The Kier molecular flexibility index (Phi) is 5.27. The van der Waals surface area contributed by atoms with Crippen molar-refractivity contribution in [3.05, 3.63) is 72.4 Å². The molecule has 0 heterocycles. The van der Waals surface area contributed by atoms with E-state index in [9.17, 15) is 26.3 Å². The number of hydrogen-bond donors (Lipinski definition) is 0. The van der Waals surface area contributed by atoms with Crippen LogP contribution >= 0.6 is 0 Å². The molecule has 0 atom stereocenters. The molecule has 120 valence electrons. The monoisotopic (exact) mass is 320 g/mol. The van der Waals surface area contributed by atoms with Crippen LogP contribution in [0.15, 0.2) is 66.8 Å². The molecule has 1 aromatic rings. The summed E-state index contributed by atoms with van der Waals surface area (Å²) in [6, 6.07) is 5.25. The topological polar surface area (TPSA) is 0 Å². The largest absolute Gasteiger partial charge is 0.411 e. The van der Waals surface area contributed by atoms with Crippen LogP contribution in [0.4, 0.5) is 26.3 Å². The number of allylic oxidation sites excluding steroid dienone is 5. The first kappa shape index (κ1) is 18.1. The second-order valence-corrected chi connectivity index (χ2v) is 4.46. The molecule has 6 heteroatoms. The van der Waals surface area contributed by atoms with Gasteiger partial charge in [0, 0.05) is 0 Å². The first-order valence-corrected chi connectivity index (χ1v) is 6.27. The summed E-state index contributed by atoms with van der Waals surface area (Å²) in [4.78, 5) is 0. The Balaban J connectivity index is 3.88. The van der Waals surface area contributed by atoms with Crippen LogP contribution in [0.25, 0.3) is 0 Å². The molecule has 0 radical (unpaired) electrons. The lowest BCUT2D eigenvalue weighted by Crippen LogP contribution is -2.55. The molecule has 0 spiro atoms. The minimum Gasteiger partial charge on any atom is -0.169 e. The molecule has 0 saturated heterocycles. The molecule has 1 rings (SSSR count). The van der Waals surface area contributed by atoms with E-state index >= 15 is 0 Å². The predicted molar refractivity (Wildman–Crippen MR) is 73.3 cm³/mol. The minimum absolute atomic E-state index is 0.591. The van der Waals surface area contributed by atoms with Crippen molar-refractivity contribution >= 4 is 0 Å². The van der Waals surface area contributed by atoms with Crippen molar-refractivity contribution in [2.24, 2.45) is 0 Å². The van der Waals surface area contributed by atoms with Crippen molar-refractivity contribution < 1.29 is 26.3 Å². The van der Waals surface area contributed by atoms with E-state index in [1.54, 1.807) is 0 Å². The first-order chi connectivity index (χ1) is 10.1. The van der Waals surface area contributed by atoms with Crippen LogP contribution in [0.2, 0.25) is 0 Å². The van der Waals surface area contributed by atoms with Gasteiger partial charge in [-0.1, -0.05) is 61.2 Å². The summed E-state index contributed by atoms with van der Waals surface area (Å²) >= 11 is 0. The zero-order valence-corrected chi connectivity index (χ0v) is 11.7. The SMILES string of the molecule is C=C/C(=C\C=C/C)C(c1ccccc1)(C(F)(F)F)C(F)(F)F. The van der Waals surface area contributed by atoms with Crippen LogP contribution in [0.3, 0.4) is 0 Å². The highest BCUT2D eigenvalue weighted by molar-refractivity contribution is 5.47. The van der Waals surface area contributed by atoms with E-state index in [1.807, 2.05) is 0 Å². The quantitative estimate of drug-likeness (QED) is 0.490. The van der Waals surface area contributed by atoms with Gasteiger partial charge in [0.05, 0.1) is 0 Å². The summed E-state index contributed by atoms with van der Waals surface area (Å²) in [5.41, 5.74) is -6.00. The summed E-state index contributed by atoms with van der Waals surface area (Å²) < 4.78 is 81.5. The Morgan fingerprint density at radius 1 is 0.955 bits per heavy atom. The number of alkyl halides is 6. The molecule has 0 nitrogen and oxygen atoms in total. The molecule has 0 saturated carbocycles. The molecular weight excluding hydrogens is 306 g/mol. The summed E-state index contributed by atoms with van der Waals surface area (Å²) in [6.07, 6.45) is -7.32. The fourth-order valence-electron chi connectivity index (χ4n) is 2.22. The Morgan fingerprint density at radius 2 is 1.45 bits per heavy atom. The highest BCUT2D eigenvalue weighted by Gasteiger charge is 2.72. The first-order valence-electron chi connectivity index (χ1n) is 6.27. The molecule has 0 unspecified atom stereocenters. The van der Waals surface area contributed by atoms with Gasteiger partial charge in [0.1, 0.15) is 0 Å². The lowest BCUT2D eigenvalue weighted by molar-refractivity contribution is -0.288. The molecule has 1 aromatic carbocycles. The van der Waals surface area contributed by atoms with Crippen molar-refractivity contribution in [2.45, 2.75) is 24.7 Å². The molecule has 0 aliphatic carbocycles. The fraction of sp³-hybridized carbons (Fsp3) is 0.250. The van der Waals surface area contributed by atoms with Crippen molar-refractivity contribution in [2.75, 3.05) is 0 Å². The Labute approximate surface area is 124 Å². The maximum atomic E-state index is 13.6. The number of benzene rings is 1. The van der Waals surface area contributed by atoms with Crippen molar-refractivity contribution in [1.82, 2.24) is 0 Å². The summed E-state index contributed by atoms with van der Waals surface area (Å²) in [5, 5.41) is 0. The summed E-state index contributed by atoms with van der Waals surface area (Å²) in [5.74, 6) is 0. The van der Waals surface area contributed by atoms with Gasteiger partial charge in [-0.15, -0.1) is 0 Å². The Hall–Kier alpha value is -1.98. The molecule has 0 N–H and O–H groups in total. The van der Waals surface area contributed by atoms with Crippen molar-refractivity contribution in [3.63, 3.8) is 0 Å². The predicted octanol–water partition coefficient (Wildman–Crippen LogP) is 5.74. The normalized spacial score (nSPS) is 14.4. The molecule has 0 amide bonds. The molecule has 0 bridgehead atoms. The zero-order valence-electron chi connectivity index (χ0n) is 11.7. The average Bonchev–Trinajstić information content (AvgIpc) is 2.41. The van der Waals surface area contributed by atoms with Crippen LogP contribution in [0.5, 0.6) is 0 Å². The van der Waals surface area contributed by atoms with Crippen LogP contribution in [-0.4, -0.2) is 12.4 Å². The third-order valence-corrected chi connectivity index (χ3v) is 3.18. The zero-order chi connectivity index (χ0) is 17.0. The fourth-order valence-corrected chi connectivity index (χ4v) is 2.22. The van der Waals surface area contributed by atoms with Gasteiger partial charge in [-0.05, 0) is 18.1 Å². The second kappa shape index (κ2) is 6.42. The van der Waals surface area contributed by atoms with E-state index in [0.29, 0.717) is 6.08 Å². The summed E-state index contributed by atoms with van der Waals surface area (Å²) in [6.45, 7) is 4.62. The van der Waals surface area contributed by atoms with Gasteiger partial charge in [-0.25, -0.2) is 0 Å². The van der Waals surface area contributed by atoms with E-state index in [4.69, 9.17) is 0 Å². The van der Waals surface area contributed by atoms with E-state index in [-0.39, 0.29) is 0 Å². The maximum Gasteiger partial charge on any atom is 0.411 e. The van der Waals surface area contributed by atoms with Gasteiger partial charge in [-0.3, -0.25) is 0 Å². The van der Waals surface area contributed by atoms with E-state index < -0.39 is 28.9 Å². The molecule has 0 aliphatic heterocycles. The van der Waals surface area contributed by atoms with E-state index in [2.05, 4.69) is 6.58 Å². The lowest BCUT2D eigenvalue weighted by Gasteiger charge is -2.38. The Morgan fingerprint density at radius 3 is 1.82 bits per heavy atom. The van der Waals surface area contributed by atoms with Crippen LogP contribution in [-0.2, 0) is 5.41 Å². The number of halogens is 6. The molecule has 22 heavy (non-hydrogen) atoms. The van der Waals surface area contributed by atoms with Gasteiger partial charge in [0.2, 0.25) is 5.41 Å². The highest BCUT2D eigenvalue weighted by Crippen LogP contribution is 2.56. The van der Waals surface area contributed by atoms with Gasteiger partial charge in [0.25, 0.3) is 0 Å². The van der Waals surface area contributed by atoms with Gasteiger partial charge < -0.3 is 0 Å². The van der Waals surface area contributed by atoms with Crippen molar-refractivity contribution in [1.29, 1.82) is 0 Å². The van der Waals surface area contributed by atoms with E-state index in [0.717, 1.165) is 36.4 Å². The minimum atomic E-state index is -5.58. The molecule has 0 aliphatic rings. The van der Waals surface area contributed by atoms with E-state index in [1.165, 1.54) is 19.1 Å². The van der Waals surface area contributed by atoms with Crippen molar-refractivity contribution in [3.8, 4) is 0 Å².